The summed E-state index contributed by atoms with van der Waals surface area (Å²) < 4.78 is 11.0. The average molecular weight is 405 g/mol. The number of ether oxygens (including phenoxy) is 2. The second-order valence-electron chi connectivity index (χ2n) is 5.34. The topological polar surface area (TPSA) is 82.9 Å². The van der Waals surface area contributed by atoms with Gasteiger partial charge in [-0.25, -0.2) is 0 Å². The molecule has 0 amide bonds. The summed E-state index contributed by atoms with van der Waals surface area (Å²) in [4.78, 5) is 4.26. The van der Waals surface area contributed by atoms with Gasteiger partial charge >= 0.3 is 0 Å². The molecule has 5 nitrogen and oxygen atoms in total. The first kappa shape index (κ1) is 18.0. The van der Waals surface area contributed by atoms with Crippen LogP contribution in [0, 0.1) is 6.92 Å². The van der Waals surface area contributed by atoms with E-state index in [2.05, 4.69) is 24.0 Å². The highest BCUT2D eigenvalue weighted by molar-refractivity contribution is 14.0. The van der Waals surface area contributed by atoms with Crippen LogP contribution in [0.2, 0.25) is 0 Å². The molecule has 2 rings (SSSR count). The zero-order valence-electron chi connectivity index (χ0n) is 12.6. The molecule has 1 aromatic carbocycles. The molecule has 1 aliphatic heterocycles. The number of guanidine groups is 1. The maximum atomic E-state index is 5.53. The molecular weight excluding hydrogens is 381 g/mol. The largest absolute Gasteiger partial charge is 0.496 e. The van der Waals surface area contributed by atoms with Crippen molar-refractivity contribution in [2.45, 2.75) is 25.2 Å². The molecule has 0 saturated carbocycles. The van der Waals surface area contributed by atoms with Gasteiger partial charge in [0.15, 0.2) is 5.96 Å². The molecule has 4 N–H and O–H groups in total. The number of nitrogens with zero attached hydrogens (tertiary/aromatic N) is 1. The van der Waals surface area contributed by atoms with Crippen molar-refractivity contribution in [2.24, 2.45) is 16.5 Å². The molecule has 21 heavy (non-hydrogen) atoms. The smallest absolute Gasteiger partial charge is 0.185 e. The molecule has 0 radical (unpaired) electrons. The highest BCUT2D eigenvalue weighted by Gasteiger charge is 2.36. The van der Waals surface area contributed by atoms with E-state index in [-0.39, 0.29) is 35.4 Å². The van der Waals surface area contributed by atoms with E-state index in [1.165, 1.54) is 11.1 Å². The van der Waals surface area contributed by atoms with Gasteiger partial charge in [0, 0.05) is 24.2 Å². The van der Waals surface area contributed by atoms with Crippen LogP contribution in [0.5, 0.6) is 5.75 Å². The van der Waals surface area contributed by atoms with Crippen LogP contribution in [0.1, 0.15) is 24.0 Å². The Morgan fingerprint density at radius 2 is 2.00 bits per heavy atom. The summed E-state index contributed by atoms with van der Waals surface area (Å²) in [6, 6.07) is 6.24. The summed E-state index contributed by atoms with van der Waals surface area (Å²) in [5.41, 5.74) is 13.3. The van der Waals surface area contributed by atoms with Crippen LogP contribution in [0.3, 0.4) is 0 Å². The minimum Gasteiger partial charge on any atom is -0.496 e. The van der Waals surface area contributed by atoms with E-state index in [4.69, 9.17) is 20.9 Å². The zero-order valence-corrected chi connectivity index (χ0v) is 14.9. The third kappa shape index (κ3) is 4.23. The van der Waals surface area contributed by atoms with E-state index in [1.54, 1.807) is 7.11 Å². The van der Waals surface area contributed by atoms with Crippen molar-refractivity contribution < 1.29 is 9.47 Å². The molecule has 0 unspecified atom stereocenters. The SMILES string of the molecule is COc1ccc(C)cc1C1(CN=C(N)N)CCOCC1.I. The van der Waals surface area contributed by atoms with E-state index in [1.807, 2.05) is 6.07 Å². The third-order valence-corrected chi connectivity index (χ3v) is 3.94. The summed E-state index contributed by atoms with van der Waals surface area (Å²) >= 11 is 0. The molecule has 0 spiro atoms. The van der Waals surface area contributed by atoms with Crippen LogP contribution >= 0.6 is 24.0 Å². The van der Waals surface area contributed by atoms with Crippen LogP contribution in [-0.2, 0) is 10.2 Å². The maximum absolute atomic E-state index is 5.53. The Kier molecular flexibility index (Phi) is 6.73. The van der Waals surface area contributed by atoms with Gasteiger partial charge in [-0.05, 0) is 25.8 Å². The van der Waals surface area contributed by atoms with E-state index < -0.39 is 0 Å². The first-order valence-electron chi connectivity index (χ1n) is 6.86. The molecule has 0 bridgehead atoms. The van der Waals surface area contributed by atoms with Crippen molar-refractivity contribution in [2.75, 3.05) is 26.9 Å². The predicted molar refractivity (Wildman–Crippen MR) is 95.6 cm³/mol. The molecule has 1 heterocycles. The van der Waals surface area contributed by atoms with Crippen LogP contribution in [0.25, 0.3) is 0 Å². The van der Waals surface area contributed by atoms with E-state index in [0.717, 1.165) is 31.8 Å². The number of aliphatic imine (C=N–C) groups is 1. The lowest BCUT2D eigenvalue weighted by atomic mass is 9.73. The summed E-state index contributed by atoms with van der Waals surface area (Å²) in [5.74, 6) is 1.02. The molecule has 0 aliphatic carbocycles. The van der Waals surface area contributed by atoms with E-state index in [9.17, 15) is 0 Å². The fourth-order valence-electron chi connectivity index (χ4n) is 2.75. The van der Waals surface area contributed by atoms with Crippen LogP contribution in [0.15, 0.2) is 23.2 Å². The Labute approximate surface area is 143 Å². The fraction of sp³-hybridized carbons (Fsp3) is 0.533. The summed E-state index contributed by atoms with van der Waals surface area (Å²) in [5, 5.41) is 0. The Hall–Kier alpha value is -1.02. The van der Waals surface area contributed by atoms with Crippen LogP contribution in [0.4, 0.5) is 0 Å². The average Bonchev–Trinajstić information content (AvgIpc) is 2.46. The van der Waals surface area contributed by atoms with E-state index >= 15 is 0 Å². The van der Waals surface area contributed by atoms with Crippen molar-refractivity contribution in [3.8, 4) is 5.75 Å². The molecule has 0 aromatic heterocycles. The molecule has 118 valence electrons. The maximum Gasteiger partial charge on any atom is 0.185 e. The van der Waals surface area contributed by atoms with Gasteiger partial charge in [-0.15, -0.1) is 24.0 Å². The third-order valence-electron chi connectivity index (χ3n) is 3.94. The monoisotopic (exact) mass is 405 g/mol. The molecule has 1 fully saturated rings. The van der Waals surface area contributed by atoms with E-state index in [0.29, 0.717) is 6.54 Å². The van der Waals surface area contributed by atoms with Gasteiger partial charge in [0.05, 0.1) is 13.7 Å². The van der Waals surface area contributed by atoms with Gasteiger partial charge in [0.1, 0.15) is 5.75 Å². The number of hydrogen-bond acceptors (Lipinski definition) is 3. The lowest BCUT2D eigenvalue weighted by Gasteiger charge is -2.37. The van der Waals surface area contributed by atoms with Crippen LogP contribution in [-0.4, -0.2) is 32.8 Å². The lowest BCUT2D eigenvalue weighted by molar-refractivity contribution is 0.0523. The van der Waals surface area contributed by atoms with Gasteiger partial charge in [-0.1, -0.05) is 17.7 Å². The van der Waals surface area contributed by atoms with Crippen molar-refractivity contribution in [3.05, 3.63) is 29.3 Å². The summed E-state index contributed by atoms with van der Waals surface area (Å²) in [6.07, 6.45) is 1.78. The highest BCUT2D eigenvalue weighted by Crippen LogP contribution is 2.40. The normalized spacial score (nSPS) is 16.7. The molecule has 1 saturated heterocycles. The molecule has 6 heteroatoms. The van der Waals surface area contributed by atoms with Gasteiger partial charge in [0.25, 0.3) is 0 Å². The molecule has 1 aromatic rings. The minimum atomic E-state index is -0.112. The second kappa shape index (κ2) is 7.84. The number of nitrogens with two attached hydrogens (primary N) is 2. The van der Waals surface area contributed by atoms with Crippen LogP contribution < -0.4 is 16.2 Å². The number of hydrogen-bond donors (Lipinski definition) is 2. The molecular formula is C15H24IN3O2. The molecule has 0 atom stereocenters. The highest BCUT2D eigenvalue weighted by atomic mass is 127. The van der Waals surface area contributed by atoms with Crippen molar-refractivity contribution in [3.63, 3.8) is 0 Å². The summed E-state index contributed by atoms with van der Waals surface area (Å²) in [7, 11) is 1.70. The number of rotatable bonds is 4. The van der Waals surface area contributed by atoms with Crippen molar-refractivity contribution >= 4 is 29.9 Å². The minimum absolute atomic E-state index is 0. The standard InChI is InChI=1S/C15H23N3O2.HI/c1-11-3-4-13(19-2)12(9-11)15(10-18-14(16)17)5-7-20-8-6-15;/h3-4,9H,5-8,10H2,1-2H3,(H4,16,17,18);1H. The Morgan fingerprint density at radius 1 is 1.33 bits per heavy atom. The number of aryl methyl sites for hydroxylation is 1. The summed E-state index contributed by atoms with van der Waals surface area (Å²) in [6.45, 7) is 4.09. The van der Waals surface area contributed by atoms with Gasteiger partial charge in [0.2, 0.25) is 0 Å². The molecule has 1 aliphatic rings. The van der Waals surface area contributed by atoms with Crippen molar-refractivity contribution in [1.29, 1.82) is 0 Å². The Bertz CT molecular complexity index is 496. The predicted octanol–water partition coefficient (Wildman–Crippen LogP) is 1.94. The quantitative estimate of drug-likeness (QED) is 0.456. The Morgan fingerprint density at radius 3 is 2.57 bits per heavy atom. The fourth-order valence-corrected chi connectivity index (χ4v) is 2.75. The van der Waals surface area contributed by atoms with Gasteiger partial charge in [-0.3, -0.25) is 4.99 Å². The first-order chi connectivity index (χ1) is 9.57. The Balaban J connectivity index is 0.00000220. The van der Waals surface area contributed by atoms with Crippen molar-refractivity contribution in [1.82, 2.24) is 0 Å². The van der Waals surface area contributed by atoms with Gasteiger partial charge < -0.3 is 20.9 Å². The number of benzene rings is 1. The van der Waals surface area contributed by atoms with Gasteiger partial charge in [-0.2, -0.15) is 0 Å². The first-order valence-corrected chi connectivity index (χ1v) is 6.86. The zero-order chi connectivity index (χ0) is 14.6. The second-order valence-corrected chi connectivity index (χ2v) is 5.34. The number of methoxy groups -OCH3 is 1. The number of halogens is 1. The lowest BCUT2D eigenvalue weighted by Crippen LogP contribution is -2.38.